The second-order valence-corrected chi connectivity index (χ2v) is 11.6. The number of sulfone groups is 1. The zero-order chi connectivity index (χ0) is 31.2. The minimum Gasteiger partial charge on any atom is -0.496 e. The number of ether oxygens (including phenoxy) is 4. The summed E-state index contributed by atoms with van der Waals surface area (Å²) in [6, 6.07) is 8.67. The van der Waals surface area contributed by atoms with Gasteiger partial charge in [-0.3, -0.25) is 20.2 Å². The normalized spacial score (nSPS) is 11.6. The van der Waals surface area contributed by atoms with Gasteiger partial charge in [0.2, 0.25) is 0 Å². The highest BCUT2D eigenvalue weighted by Crippen LogP contribution is 2.37. The lowest BCUT2D eigenvalue weighted by molar-refractivity contribution is -0.396. The molecule has 0 heterocycles. The van der Waals surface area contributed by atoms with E-state index in [0.717, 1.165) is 17.5 Å². The molecule has 0 radical (unpaired) electrons. The average Bonchev–Trinajstić information content (AvgIpc) is 2.94. The Hall–Kier alpha value is -4.90. The zero-order valence-corrected chi connectivity index (χ0v) is 24.1. The molecular formula is C25H24N2O13S2. The molecule has 0 aliphatic heterocycles. The van der Waals surface area contributed by atoms with Gasteiger partial charge in [0.05, 0.1) is 55.7 Å². The molecule has 0 unspecified atom stereocenters. The van der Waals surface area contributed by atoms with Crippen LogP contribution in [0.2, 0.25) is 0 Å². The van der Waals surface area contributed by atoms with Crippen LogP contribution in [0.15, 0.2) is 58.8 Å². The van der Waals surface area contributed by atoms with Crippen LogP contribution in [-0.4, -0.2) is 55.1 Å². The number of benzene rings is 3. The summed E-state index contributed by atoms with van der Waals surface area (Å²) < 4.78 is 77.9. The van der Waals surface area contributed by atoms with Crippen molar-refractivity contribution in [2.75, 3.05) is 28.4 Å². The van der Waals surface area contributed by atoms with Crippen LogP contribution in [0.25, 0.3) is 6.08 Å². The van der Waals surface area contributed by atoms with Crippen LogP contribution in [0.1, 0.15) is 11.1 Å². The van der Waals surface area contributed by atoms with Crippen molar-refractivity contribution in [3.05, 3.63) is 85.3 Å². The van der Waals surface area contributed by atoms with Crippen molar-refractivity contribution in [3.63, 3.8) is 0 Å². The molecule has 0 bridgehead atoms. The van der Waals surface area contributed by atoms with E-state index in [2.05, 4.69) is 0 Å². The number of methoxy groups -OCH3 is 4. The first-order valence-electron chi connectivity index (χ1n) is 11.5. The Morgan fingerprint density at radius 2 is 1.36 bits per heavy atom. The fraction of sp³-hybridized carbons (Fsp3) is 0.200. The predicted molar refractivity (Wildman–Crippen MR) is 148 cm³/mol. The first kappa shape index (κ1) is 31.6. The minimum absolute atomic E-state index is 0.0810. The van der Waals surface area contributed by atoms with E-state index in [9.17, 15) is 37.1 Å². The Balaban J connectivity index is 1.96. The monoisotopic (exact) mass is 624 g/mol. The molecule has 0 aromatic heterocycles. The lowest BCUT2D eigenvalue weighted by Gasteiger charge is -2.13. The van der Waals surface area contributed by atoms with Crippen molar-refractivity contribution in [1.29, 1.82) is 0 Å². The first-order valence-corrected chi connectivity index (χ1v) is 14.6. The quantitative estimate of drug-likeness (QED) is 0.151. The summed E-state index contributed by atoms with van der Waals surface area (Å²) in [7, 11) is -3.51. The molecular weight excluding hydrogens is 600 g/mol. The lowest BCUT2D eigenvalue weighted by atomic mass is 10.1. The molecule has 0 spiro atoms. The molecule has 15 nitrogen and oxygen atoms in total. The van der Waals surface area contributed by atoms with Crippen molar-refractivity contribution >= 4 is 37.4 Å². The van der Waals surface area contributed by atoms with E-state index in [4.69, 9.17) is 23.1 Å². The molecule has 3 rings (SSSR count). The van der Waals surface area contributed by atoms with Gasteiger partial charge in [0, 0.05) is 23.6 Å². The van der Waals surface area contributed by atoms with Crippen LogP contribution in [-0.2, 0) is 25.7 Å². The molecule has 3 aromatic carbocycles. The number of hydrogen-bond acceptors (Lipinski definition) is 13. The van der Waals surface area contributed by atoms with E-state index in [-0.39, 0.29) is 22.8 Å². The SMILES string of the molecule is COc1cc(OC)c(C=CS(=O)(=O)Cc2ccc(OC)c(OS(=O)(=O)c3ccc([N+](=O)[O-])cc3[N+](=O)[O-])c2)c(OC)c1. The highest BCUT2D eigenvalue weighted by molar-refractivity contribution is 7.93. The van der Waals surface area contributed by atoms with Crippen LogP contribution in [0.5, 0.6) is 28.7 Å². The summed E-state index contributed by atoms with van der Waals surface area (Å²) >= 11 is 0. The molecule has 0 saturated carbocycles. The van der Waals surface area contributed by atoms with Crippen molar-refractivity contribution in [3.8, 4) is 28.7 Å². The summed E-state index contributed by atoms with van der Waals surface area (Å²) in [5, 5.41) is 23.4. The first-order chi connectivity index (χ1) is 19.7. The standard InChI is InChI=1S/C25H24N2O13S2/c1-36-18-13-22(38-3)19(23(14-18)39-4)9-10-41(32,33)15-16-5-7-21(37-2)24(11-16)40-42(34,35)25-8-6-17(26(28)29)12-20(25)27(30)31/h5-14H,15H2,1-4H3. The number of non-ortho nitro benzene ring substituents is 1. The van der Waals surface area contributed by atoms with Crippen LogP contribution in [0, 0.1) is 20.2 Å². The van der Waals surface area contributed by atoms with E-state index in [1.54, 1.807) is 0 Å². The van der Waals surface area contributed by atoms with Crippen molar-refractivity contribution in [2.45, 2.75) is 10.6 Å². The highest BCUT2D eigenvalue weighted by Gasteiger charge is 2.31. The van der Waals surface area contributed by atoms with E-state index >= 15 is 0 Å². The summed E-state index contributed by atoms with van der Waals surface area (Å²) in [5.74, 6) is -0.231. The molecule has 0 fully saturated rings. The van der Waals surface area contributed by atoms with Gasteiger partial charge in [-0.1, -0.05) is 6.07 Å². The van der Waals surface area contributed by atoms with E-state index in [1.165, 1.54) is 58.8 Å². The van der Waals surface area contributed by atoms with Crippen molar-refractivity contribution < 1.29 is 49.8 Å². The molecule has 3 aromatic rings. The number of hydrogen-bond donors (Lipinski definition) is 0. The maximum atomic E-state index is 13.0. The van der Waals surface area contributed by atoms with Gasteiger partial charge in [0.25, 0.3) is 11.4 Å². The maximum absolute atomic E-state index is 13.0. The van der Waals surface area contributed by atoms with E-state index < -0.39 is 57.6 Å². The molecule has 0 aliphatic carbocycles. The van der Waals surface area contributed by atoms with Gasteiger partial charge in [0.15, 0.2) is 26.2 Å². The maximum Gasteiger partial charge on any atom is 0.346 e. The second-order valence-electron chi connectivity index (χ2n) is 8.24. The van der Waals surface area contributed by atoms with Crippen LogP contribution in [0.3, 0.4) is 0 Å². The predicted octanol–water partition coefficient (Wildman–Crippen LogP) is 3.89. The minimum atomic E-state index is -4.94. The molecule has 0 atom stereocenters. The Morgan fingerprint density at radius 1 is 0.738 bits per heavy atom. The second kappa shape index (κ2) is 12.7. The molecule has 17 heteroatoms. The molecule has 0 aliphatic rings. The Bertz CT molecular complexity index is 1740. The largest absolute Gasteiger partial charge is 0.496 e. The fourth-order valence-corrected chi connectivity index (χ4v) is 5.83. The van der Waals surface area contributed by atoms with Gasteiger partial charge < -0.3 is 23.1 Å². The van der Waals surface area contributed by atoms with Crippen LogP contribution in [0.4, 0.5) is 11.4 Å². The summed E-state index contributed by atoms with van der Waals surface area (Å²) in [5.41, 5.74) is -1.39. The number of nitro benzene ring substituents is 2. The Labute approximate surface area is 240 Å². The fourth-order valence-electron chi connectivity index (χ4n) is 3.66. The molecule has 0 N–H and O–H groups in total. The molecule has 224 valence electrons. The van der Waals surface area contributed by atoms with Gasteiger partial charge in [-0.05, 0) is 29.8 Å². The third kappa shape index (κ3) is 7.24. The molecule has 0 saturated heterocycles. The topological polar surface area (TPSA) is 201 Å². The van der Waals surface area contributed by atoms with Gasteiger partial charge in [0.1, 0.15) is 17.2 Å². The van der Waals surface area contributed by atoms with Gasteiger partial charge in [-0.2, -0.15) is 8.42 Å². The molecule has 42 heavy (non-hydrogen) atoms. The molecule has 0 amide bonds. The van der Waals surface area contributed by atoms with Crippen LogP contribution >= 0.6 is 0 Å². The van der Waals surface area contributed by atoms with Crippen LogP contribution < -0.4 is 23.1 Å². The van der Waals surface area contributed by atoms with Crippen molar-refractivity contribution in [1.82, 2.24) is 0 Å². The van der Waals surface area contributed by atoms with Crippen molar-refractivity contribution in [2.24, 2.45) is 0 Å². The van der Waals surface area contributed by atoms with E-state index in [1.807, 2.05) is 0 Å². The van der Waals surface area contributed by atoms with Gasteiger partial charge in [-0.25, -0.2) is 8.42 Å². The zero-order valence-electron chi connectivity index (χ0n) is 22.5. The summed E-state index contributed by atoms with van der Waals surface area (Å²) in [6.07, 6.45) is 1.27. The summed E-state index contributed by atoms with van der Waals surface area (Å²) in [6.45, 7) is 0. The average molecular weight is 625 g/mol. The third-order valence-electron chi connectivity index (χ3n) is 5.61. The lowest BCUT2D eigenvalue weighted by Crippen LogP contribution is -2.13. The Morgan fingerprint density at radius 3 is 1.88 bits per heavy atom. The highest BCUT2D eigenvalue weighted by atomic mass is 32.2. The smallest absolute Gasteiger partial charge is 0.346 e. The number of rotatable bonds is 13. The third-order valence-corrected chi connectivity index (χ3v) is 8.18. The van der Waals surface area contributed by atoms with Gasteiger partial charge in [-0.15, -0.1) is 0 Å². The number of nitro groups is 2. The summed E-state index contributed by atoms with van der Waals surface area (Å²) in [4.78, 5) is 19.5. The van der Waals surface area contributed by atoms with E-state index in [0.29, 0.717) is 23.4 Å². The van der Waals surface area contributed by atoms with Gasteiger partial charge >= 0.3 is 10.1 Å². The number of nitrogens with zero attached hydrogens (tertiary/aromatic N) is 2. The Kier molecular flexibility index (Phi) is 9.59.